The Labute approximate surface area is 107 Å². The number of nitrogens with zero attached hydrogens (tertiary/aromatic N) is 1. The van der Waals surface area contributed by atoms with Crippen LogP contribution in [0.3, 0.4) is 0 Å². The van der Waals surface area contributed by atoms with Gasteiger partial charge in [0.2, 0.25) is 0 Å². The van der Waals surface area contributed by atoms with Crippen molar-refractivity contribution >= 4 is 5.91 Å². The van der Waals surface area contributed by atoms with E-state index >= 15 is 0 Å². The van der Waals surface area contributed by atoms with E-state index in [2.05, 4.69) is 10.3 Å². The van der Waals surface area contributed by atoms with Crippen molar-refractivity contribution < 1.29 is 9.53 Å². The van der Waals surface area contributed by atoms with Gasteiger partial charge in [0.1, 0.15) is 0 Å². The zero-order valence-corrected chi connectivity index (χ0v) is 10.4. The lowest BCUT2D eigenvalue weighted by Gasteiger charge is -2.09. The van der Waals surface area contributed by atoms with Gasteiger partial charge in [0.05, 0.1) is 5.69 Å². The third kappa shape index (κ3) is 3.51. The third-order valence-electron chi connectivity index (χ3n) is 3.15. The number of carbonyl (C=O) groups excluding carboxylic acids is 1. The van der Waals surface area contributed by atoms with E-state index < -0.39 is 0 Å². The number of ether oxygens (including phenoxy) is 1. The molecular weight excluding hydrogens is 230 g/mol. The van der Waals surface area contributed by atoms with Crippen molar-refractivity contribution in [3.63, 3.8) is 0 Å². The minimum atomic E-state index is -0.0639. The number of amides is 1. The molecular formula is C13H19N3O2. The number of aromatic nitrogens is 1. The second kappa shape index (κ2) is 6.47. The lowest BCUT2D eigenvalue weighted by atomic mass is 10.1. The average Bonchev–Trinajstić information content (AvgIpc) is 2.92. The van der Waals surface area contributed by atoms with Crippen LogP contribution < -0.4 is 11.1 Å². The molecule has 3 N–H and O–H groups in total. The zero-order valence-electron chi connectivity index (χ0n) is 10.4. The van der Waals surface area contributed by atoms with Gasteiger partial charge in [-0.1, -0.05) is 0 Å². The maximum absolute atomic E-state index is 11.9. The predicted octanol–water partition coefficient (Wildman–Crippen LogP) is 0.697. The first-order valence-corrected chi connectivity index (χ1v) is 6.30. The van der Waals surface area contributed by atoms with Crippen molar-refractivity contribution in [3.05, 3.63) is 29.6 Å². The summed E-state index contributed by atoms with van der Waals surface area (Å²) in [6.07, 6.45) is 3.69. The molecule has 0 bridgehead atoms. The van der Waals surface area contributed by atoms with E-state index in [1.54, 1.807) is 18.3 Å². The number of pyridine rings is 1. The van der Waals surface area contributed by atoms with Gasteiger partial charge >= 0.3 is 0 Å². The summed E-state index contributed by atoms with van der Waals surface area (Å²) in [7, 11) is 0. The summed E-state index contributed by atoms with van der Waals surface area (Å²) in [4.78, 5) is 15.9. The molecule has 1 atom stereocenters. The van der Waals surface area contributed by atoms with Crippen molar-refractivity contribution in [2.24, 2.45) is 11.7 Å². The van der Waals surface area contributed by atoms with Crippen LogP contribution >= 0.6 is 0 Å². The molecule has 0 aromatic carbocycles. The molecule has 1 amide bonds. The van der Waals surface area contributed by atoms with Crippen LogP contribution in [0.1, 0.15) is 28.9 Å². The number of nitrogens with one attached hydrogen (secondary N) is 1. The highest BCUT2D eigenvalue weighted by Gasteiger charge is 2.15. The highest BCUT2D eigenvalue weighted by molar-refractivity contribution is 5.94. The summed E-state index contributed by atoms with van der Waals surface area (Å²) in [6.45, 7) is 2.71. The standard InChI is InChI=1S/C13H19N3O2/c14-8-12-7-11(2-5-15-12)13(17)16-4-1-10-3-6-18-9-10/h2,5,7,10H,1,3-4,6,8-9,14H2,(H,16,17). The van der Waals surface area contributed by atoms with Gasteiger partial charge in [-0.2, -0.15) is 0 Å². The van der Waals surface area contributed by atoms with E-state index in [0.29, 0.717) is 24.6 Å². The topological polar surface area (TPSA) is 77.2 Å². The monoisotopic (exact) mass is 249 g/mol. The normalized spacial score (nSPS) is 18.8. The molecule has 1 fully saturated rings. The molecule has 1 aliphatic rings. The number of hydrogen-bond donors (Lipinski definition) is 2. The number of hydrogen-bond acceptors (Lipinski definition) is 4. The van der Waals surface area contributed by atoms with Gasteiger partial charge in [0.25, 0.3) is 5.91 Å². The molecule has 0 saturated carbocycles. The first-order chi connectivity index (χ1) is 8.79. The van der Waals surface area contributed by atoms with Crippen molar-refractivity contribution in [3.8, 4) is 0 Å². The quantitative estimate of drug-likeness (QED) is 0.805. The summed E-state index contributed by atoms with van der Waals surface area (Å²) in [5.74, 6) is 0.522. The lowest BCUT2D eigenvalue weighted by molar-refractivity contribution is 0.0950. The molecule has 5 heteroatoms. The summed E-state index contributed by atoms with van der Waals surface area (Å²) in [5.41, 5.74) is 6.84. The fraction of sp³-hybridized carbons (Fsp3) is 0.538. The van der Waals surface area contributed by atoms with Crippen LogP contribution in [0.5, 0.6) is 0 Å². The van der Waals surface area contributed by atoms with Crippen LogP contribution in [0.25, 0.3) is 0 Å². The van der Waals surface area contributed by atoms with E-state index in [-0.39, 0.29) is 5.91 Å². The fourth-order valence-corrected chi connectivity index (χ4v) is 2.03. The molecule has 18 heavy (non-hydrogen) atoms. The third-order valence-corrected chi connectivity index (χ3v) is 3.15. The Morgan fingerprint density at radius 2 is 2.50 bits per heavy atom. The van der Waals surface area contributed by atoms with Crippen LogP contribution in [0.4, 0.5) is 0 Å². The molecule has 1 unspecified atom stereocenters. The molecule has 2 heterocycles. The van der Waals surface area contributed by atoms with Crippen LogP contribution in [-0.4, -0.2) is 30.6 Å². The largest absolute Gasteiger partial charge is 0.381 e. The summed E-state index contributed by atoms with van der Waals surface area (Å²) in [5, 5.41) is 2.91. The maximum atomic E-state index is 11.9. The first kappa shape index (κ1) is 13.0. The van der Waals surface area contributed by atoms with Crippen LogP contribution in [0, 0.1) is 5.92 Å². The van der Waals surface area contributed by atoms with Gasteiger partial charge in [0.15, 0.2) is 0 Å². The summed E-state index contributed by atoms with van der Waals surface area (Å²) >= 11 is 0. The molecule has 5 nitrogen and oxygen atoms in total. The average molecular weight is 249 g/mol. The Balaban J connectivity index is 1.79. The highest BCUT2D eigenvalue weighted by Crippen LogP contribution is 2.15. The van der Waals surface area contributed by atoms with Crippen LogP contribution in [-0.2, 0) is 11.3 Å². The highest BCUT2D eigenvalue weighted by atomic mass is 16.5. The minimum Gasteiger partial charge on any atom is -0.381 e. The van der Waals surface area contributed by atoms with E-state index in [1.165, 1.54) is 0 Å². The maximum Gasteiger partial charge on any atom is 0.251 e. The molecule has 0 spiro atoms. The van der Waals surface area contributed by atoms with Crippen molar-refractivity contribution in [1.82, 2.24) is 10.3 Å². The lowest BCUT2D eigenvalue weighted by Crippen LogP contribution is -2.26. The fourth-order valence-electron chi connectivity index (χ4n) is 2.03. The summed E-state index contributed by atoms with van der Waals surface area (Å²) in [6, 6.07) is 3.43. The van der Waals surface area contributed by atoms with Gasteiger partial charge in [-0.25, -0.2) is 0 Å². The molecule has 98 valence electrons. The van der Waals surface area contributed by atoms with Crippen LogP contribution in [0.15, 0.2) is 18.3 Å². The Morgan fingerprint density at radius 3 is 3.22 bits per heavy atom. The smallest absolute Gasteiger partial charge is 0.251 e. The molecule has 1 aliphatic heterocycles. The van der Waals surface area contributed by atoms with Gasteiger partial charge in [0, 0.05) is 38.1 Å². The van der Waals surface area contributed by atoms with E-state index in [1.807, 2.05) is 0 Å². The van der Waals surface area contributed by atoms with Crippen molar-refractivity contribution in [2.75, 3.05) is 19.8 Å². The number of carbonyl (C=O) groups is 1. The SMILES string of the molecule is NCc1cc(C(=O)NCCC2CCOC2)ccn1. The molecule has 0 radical (unpaired) electrons. The second-order valence-electron chi connectivity index (χ2n) is 4.51. The van der Waals surface area contributed by atoms with Gasteiger partial charge in [-0.05, 0) is 30.9 Å². The Bertz CT molecular complexity index is 403. The number of rotatable bonds is 5. The molecule has 1 aromatic heterocycles. The van der Waals surface area contributed by atoms with Crippen molar-refractivity contribution in [1.29, 1.82) is 0 Å². The van der Waals surface area contributed by atoms with Crippen LogP contribution in [0.2, 0.25) is 0 Å². The van der Waals surface area contributed by atoms with Gasteiger partial charge in [-0.3, -0.25) is 9.78 Å². The first-order valence-electron chi connectivity index (χ1n) is 6.30. The van der Waals surface area contributed by atoms with Gasteiger partial charge in [-0.15, -0.1) is 0 Å². The van der Waals surface area contributed by atoms with E-state index in [4.69, 9.17) is 10.5 Å². The predicted molar refractivity (Wildman–Crippen MR) is 68.0 cm³/mol. The second-order valence-corrected chi connectivity index (χ2v) is 4.51. The summed E-state index contributed by atoms with van der Waals surface area (Å²) < 4.78 is 5.29. The van der Waals surface area contributed by atoms with Gasteiger partial charge < -0.3 is 15.8 Å². The number of nitrogens with two attached hydrogens (primary N) is 1. The molecule has 1 aromatic rings. The molecule has 0 aliphatic carbocycles. The Morgan fingerprint density at radius 1 is 1.61 bits per heavy atom. The van der Waals surface area contributed by atoms with Crippen molar-refractivity contribution in [2.45, 2.75) is 19.4 Å². The zero-order chi connectivity index (χ0) is 12.8. The molecule has 1 saturated heterocycles. The minimum absolute atomic E-state index is 0.0639. The molecule has 2 rings (SSSR count). The Kier molecular flexibility index (Phi) is 4.66. The van der Waals surface area contributed by atoms with E-state index in [9.17, 15) is 4.79 Å². The Hall–Kier alpha value is -1.46. The van der Waals surface area contributed by atoms with E-state index in [0.717, 1.165) is 31.7 Å².